The summed E-state index contributed by atoms with van der Waals surface area (Å²) in [5.41, 5.74) is 8.21. The molecule has 5 heteroatoms. The van der Waals surface area contributed by atoms with Crippen molar-refractivity contribution in [3.05, 3.63) is 131 Å². The van der Waals surface area contributed by atoms with Gasteiger partial charge in [0, 0.05) is 0 Å². The summed E-state index contributed by atoms with van der Waals surface area (Å²) in [6, 6.07) is 34.9. The second kappa shape index (κ2) is 13.2. The third-order valence-corrected chi connectivity index (χ3v) is 6.31. The molecule has 0 aliphatic carbocycles. The number of aryl methyl sites for hydroxylation is 1. The second-order valence-corrected chi connectivity index (χ2v) is 8.93. The highest BCUT2D eigenvalue weighted by atomic mass is 16.5. The molecule has 0 radical (unpaired) electrons. The van der Waals surface area contributed by atoms with E-state index in [1.165, 1.54) is 16.7 Å². The maximum absolute atomic E-state index is 10.6. The first kappa shape index (κ1) is 26.6. The van der Waals surface area contributed by atoms with Crippen LogP contribution in [0.15, 0.2) is 103 Å². The molecule has 0 unspecified atom stereocenters. The summed E-state index contributed by atoms with van der Waals surface area (Å²) in [4.78, 5) is 10.6. The lowest BCUT2D eigenvalue weighted by Gasteiger charge is -2.18. The van der Waals surface area contributed by atoms with Crippen molar-refractivity contribution in [1.82, 2.24) is 5.32 Å². The van der Waals surface area contributed by atoms with Crippen molar-refractivity contribution in [3.63, 3.8) is 0 Å². The predicted octanol–water partition coefficient (Wildman–Crippen LogP) is 7.59. The Hall–Kier alpha value is -4.51. The Labute approximate surface area is 224 Å². The number of carboxylic acid groups (broad SMARTS) is 1. The fraction of sp³-hybridized carbons (Fsp3) is 0.182. The zero-order valence-electron chi connectivity index (χ0n) is 21.8. The zero-order valence-corrected chi connectivity index (χ0v) is 21.8. The fourth-order valence-electron chi connectivity index (χ4n) is 4.43. The molecule has 1 amide bonds. The van der Waals surface area contributed by atoms with Crippen molar-refractivity contribution in [2.24, 2.45) is 0 Å². The minimum absolute atomic E-state index is 0.230. The minimum Gasteiger partial charge on any atom is -0.492 e. The summed E-state index contributed by atoms with van der Waals surface area (Å²) in [5, 5.41) is 11.0. The van der Waals surface area contributed by atoms with Crippen LogP contribution in [0.4, 0.5) is 4.79 Å². The summed E-state index contributed by atoms with van der Waals surface area (Å²) in [6.07, 6.45) is -0.190. The van der Waals surface area contributed by atoms with Crippen molar-refractivity contribution in [1.29, 1.82) is 0 Å². The quantitative estimate of drug-likeness (QED) is 0.162. The van der Waals surface area contributed by atoms with Gasteiger partial charge in [0.25, 0.3) is 0 Å². The molecule has 38 heavy (non-hydrogen) atoms. The molecule has 5 nitrogen and oxygen atoms in total. The van der Waals surface area contributed by atoms with Gasteiger partial charge in [-0.3, -0.25) is 0 Å². The number of rotatable bonds is 11. The summed E-state index contributed by atoms with van der Waals surface area (Å²) in [7, 11) is 0. The van der Waals surface area contributed by atoms with E-state index >= 15 is 0 Å². The molecule has 0 fully saturated rings. The third kappa shape index (κ3) is 7.04. The molecule has 0 aliphatic heterocycles. The van der Waals surface area contributed by atoms with E-state index in [1.54, 1.807) is 0 Å². The monoisotopic (exact) mass is 507 g/mol. The Balaban J connectivity index is 1.64. The summed E-state index contributed by atoms with van der Waals surface area (Å²) < 4.78 is 11.7. The summed E-state index contributed by atoms with van der Waals surface area (Å²) in [6.45, 7) is 5.35. The first-order chi connectivity index (χ1) is 18.5. The summed E-state index contributed by atoms with van der Waals surface area (Å²) >= 11 is 0. The van der Waals surface area contributed by atoms with E-state index in [2.05, 4.69) is 79.8 Å². The van der Waals surface area contributed by atoms with Gasteiger partial charge in [0.15, 0.2) is 0 Å². The van der Waals surface area contributed by atoms with Crippen LogP contribution in [0.1, 0.15) is 41.2 Å². The lowest BCUT2D eigenvalue weighted by molar-refractivity contribution is 0.191. The van der Waals surface area contributed by atoms with E-state index in [-0.39, 0.29) is 13.2 Å². The van der Waals surface area contributed by atoms with Crippen molar-refractivity contribution in [3.8, 4) is 11.5 Å². The Morgan fingerprint density at radius 3 is 1.92 bits per heavy atom. The third-order valence-electron chi connectivity index (χ3n) is 6.31. The Morgan fingerprint density at radius 1 is 0.763 bits per heavy atom. The van der Waals surface area contributed by atoms with Crippen molar-refractivity contribution >= 4 is 17.2 Å². The van der Waals surface area contributed by atoms with Gasteiger partial charge in [-0.15, -0.1) is 0 Å². The maximum Gasteiger partial charge on any atom is 0.404 e. The molecule has 0 atom stereocenters. The maximum atomic E-state index is 10.6. The molecule has 0 aliphatic rings. The Morgan fingerprint density at radius 2 is 1.34 bits per heavy atom. The SMILES string of the molecule is CCC(=C(c1ccc(OCCNC(=O)O)cc1)c1ccc(OCc2ccccc2)cc1)c1ccccc1C. The van der Waals surface area contributed by atoms with E-state index in [0.717, 1.165) is 34.4 Å². The number of ether oxygens (including phenoxy) is 2. The molecule has 0 bridgehead atoms. The van der Waals surface area contributed by atoms with E-state index in [0.29, 0.717) is 12.4 Å². The average molecular weight is 508 g/mol. The number of hydrogen-bond acceptors (Lipinski definition) is 3. The average Bonchev–Trinajstić information content (AvgIpc) is 2.95. The van der Waals surface area contributed by atoms with Crippen LogP contribution in [-0.4, -0.2) is 24.4 Å². The lowest BCUT2D eigenvalue weighted by atomic mass is 9.86. The van der Waals surface area contributed by atoms with E-state index in [1.807, 2.05) is 42.5 Å². The smallest absolute Gasteiger partial charge is 0.404 e. The van der Waals surface area contributed by atoms with Crippen molar-refractivity contribution in [2.45, 2.75) is 26.9 Å². The van der Waals surface area contributed by atoms with Gasteiger partial charge in [-0.1, -0.05) is 85.8 Å². The van der Waals surface area contributed by atoms with Crippen LogP contribution in [-0.2, 0) is 6.61 Å². The molecular formula is C33H33NO4. The minimum atomic E-state index is -1.06. The van der Waals surface area contributed by atoms with Crippen LogP contribution in [0.2, 0.25) is 0 Å². The van der Waals surface area contributed by atoms with Crippen LogP contribution >= 0.6 is 0 Å². The van der Waals surface area contributed by atoms with Crippen LogP contribution < -0.4 is 14.8 Å². The van der Waals surface area contributed by atoms with Crippen LogP contribution in [0.3, 0.4) is 0 Å². The van der Waals surface area contributed by atoms with Gasteiger partial charge in [-0.25, -0.2) is 4.79 Å². The standard InChI is InChI=1S/C33H33NO4/c1-3-30(31-12-8-7-9-24(31)2)32(26-13-17-28(18-14-26)37-22-21-34-33(35)36)27-15-19-29(20-16-27)38-23-25-10-5-4-6-11-25/h4-20,34H,3,21-23H2,1-2H3,(H,35,36). The van der Waals surface area contributed by atoms with Gasteiger partial charge in [-0.05, 0) is 76.6 Å². The number of benzene rings is 4. The van der Waals surface area contributed by atoms with Crippen LogP contribution in [0.25, 0.3) is 11.1 Å². The lowest BCUT2D eigenvalue weighted by Crippen LogP contribution is -2.26. The van der Waals surface area contributed by atoms with E-state index in [4.69, 9.17) is 14.6 Å². The van der Waals surface area contributed by atoms with Crippen LogP contribution in [0, 0.1) is 6.92 Å². The highest BCUT2D eigenvalue weighted by molar-refractivity contribution is 5.99. The zero-order chi connectivity index (χ0) is 26.7. The number of carbonyl (C=O) groups is 1. The fourth-order valence-corrected chi connectivity index (χ4v) is 4.43. The predicted molar refractivity (Wildman–Crippen MR) is 153 cm³/mol. The molecule has 0 saturated heterocycles. The highest BCUT2D eigenvalue weighted by Gasteiger charge is 2.15. The molecule has 0 heterocycles. The molecule has 194 valence electrons. The van der Waals surface area contributed by atoms with Gasteiger partial charge in [-0.2, -0.15) is 0 Å². The van der Waals surface area contributed by atoms with Gasteiger partial charge in [0.1, 0.15) is 24.7 Å². The molecule has 0 saturated carbocycles. The Kier molecular flexibility index (Phi) is 9.19. The van der Waals surface area contributed by atoms with E-state index in [9.17, 15) is 4.79 Å². The number of amides is 1. The normalized spacial score (nSPS) is 11.4. The second-order valence-electron chi connectivity index (χ2n) is 8.93. The molecular weight excluding hydrogens is 474 g/mol. The molecule has 0 aromatic heterocycles. The molecule has 4 aromatic rings. The van der Waals surface area contributed by atoms with Gasteiger partial charge < -0.3 is 19.9 Å². The van der Waals surface area contributed by atoms with Gasteiger partial charge in [0.2, 0.25) is 0 Å². The number of allylic oxidation sites excluding steroid dienone is 1. The molecule has 4 aromatic carbocycles. The molecule has 2 N–H and O–H groups in total. The first-order valence-corrected chi connectivity index (χ1v) is 12.8. The van der Waals surface area contributed by atoms with Crippen molar-refractivity contribution in [2.75, 3.05) is 13.2 Å². The highest BCUT2D eigenvalue weighted by Crippen LogP contribution is 2.36. The summed E-state index contributed by atoms with van der Waals surface area (Å²) in [5.74, 6) is 1.52. The molecule has 4 rings (SSSR count). The van der Waals surface area contributed by atoms with Crippen LogP contribution in [0.5, 0.6) is 11.5 Å². The number of hydrogen-bond donors (Lipinski definition) is 2. The van der Waals surface area contributed by atoms with E-state index < -0.39 is 6.09 Å². The number of nitrogens with one attached hydrogen (secondary N) is 1. The van der Waals surface area contributed by atoms with Gasteiger partial charge >= 0.3 is 6.09 Å². The largest absolute Gasteiger partial charge is 0.492 e. The first-order valence-electron chi connectivity index (χ1n) is 12.8. The Bertz CT molecular complexity index is 1360. The molecule has 0 spiro atoms. The van der Waals surface area contributed by atoms with Gasteiger partial charge in [0.05, 0.1) is 6.54 Å². The topological polar surface area (TPSA) is 67.8 Å². The van der Waals surface area contributed by atoms with Crippen molar-refractivity contribution < 1.29 is 19.4 Å².